The van der Waals surface area contributed by atoms with Gasteiger partial charge in [0.05, 0.1) is 0 Å². The second-order valence-electron chi connectivity index (χ2n) is 5.35. The molecule has 5 N–H and O–H groups in total. The average molecular weight is 422 g/mol. The highest BCUT2D eigenvalue weighted by molar-refractivity contribution is 9.10. The smallest absolute Gasteiger partial charge is 0.265 e. The molecule has 8 heteroatoms. The molecular formula is C17H16BrN3O3S. The molecule has 1 heterocycles. The molecule has 0 spiro atoms. The van der Waals surface area contributed by atoms with Gasteiger partial charge >= 0.3 is 0 Å². The van der Waals surface area contributed by atoms with E-state index in [1.54, 1.807) is 6.92 Å². The Labute approximate surface area is 157 Å². The summed E-state index contributed by atoms with van der Waals surface area (Å²) < 4.78 is 11.7. The molecule has 1 aliphatic rings. The van der Waals surface area contributed by atoms with E-state index in [9.17, 15) is 4.79 Å². The molecule has 0 saturated carbocycles. The standard InChI is InChI=1S/C17H16BrN3O3S/c1-9(19)16(25-20)17(22)21-11-4-2-10(3-5-11)12-6-14-15(7-13(12)18)24-8-23-14/h2-7H,8,19-20H2,1H3,(H,21,22)/b16-9-. The third-order valence-electron chi connectivity index (χ3n) is 3.60. The number of nitrogens with two attached hydrogens (primary N) is 2. The van der Waals surface area contributed by atoms with Gasteiger partial charge in [0.15, 0.2) is 11.5 Å². The normalized spacial score (nSPS) is 13.4. The van der Waals surface area contributed by atoms with Crippen LogP contribution in [0.2, 0.25) is 0 Å². The van der Waals surface area contributed by atoms with E-state index in [1.165, 1.54) is 0 Å². The lowest BCUT2D eigenvalue weighted by molar-refractivity contribution is -0.112. The highest BCUT2D eigenvalue weighted by Crippen LogP contribution is 2.41. The number of carbonyl (C=O) groups excluding carboxylic acids is 1. The van der Waals surface area contributed by atoms with E-state index in [0.717, 1.165) is 33.3 Å². The molecule has 0 fully saturated rings. The number of hydrogen-bond donors (Lipinski definition) is 3. The summed E-state index contributed by atoms with van der Waals surface area (Å²) >= 11 is 4.38. The van der Waals surface area contributed by atoms with Gasteiger partial charge in [0, 0.05) is 15.9 Å². The summed E-state index contributed by atoms with van der Waals surface area (Å²) in [5, 5.41) is 8.26. The number of rotatable bonds is 4. The maximum Gasteiger partial charge on any atom is 0.265 e. The summed E-state index contributed by atoms with van der Waals surface area (Å²) in [6.07, 6.45) is 0. The van der Waals surface area contributed by atoms with Gasteiger partial charge in [0.25, 0.3) is 5.91 Å². The molecule has 0 aliphatic carbocycles. The molecule has 2 aromatic carbocycles. The third kappa shape index (κ3) is 3.76. The lowest BCUT2D eigenvalue weighted by Gasteiger charge is -2.10. The first-order valence-electron chi connectivity index (χ1n) is 7.33. The van der Waals surface area contributed by atoms with E-state index in [2.05, 4.69) is 21.2 Å². The summed E-state index contributed by atoms with van der Waals surface area (Å²) in [5.74, 6) is 1.10. The molecule has 0 aromatic heterocycles. The Balaban J connectivity index is 1.82. The summed E-state index contributed by atoms with van der Waals surface area (Å²) in [6, 6.07) is 11.2. The highest BCUT2D eigenvalue weighted by Gasteiger charge is 2.17. The molecular weight excluding hydrogens is 406 g/mol. The third-order valence-corrected chi connectivity index (χ3v) is 5.00. The van der Waals surface area contributed by atoms with E-state index in [0.29, 0.717) is 22.0 Å². The minimum absolute atomic E-state index is 0.228. The van der Waals surface area contributed by atoms with Crippen LogP contribution in [0.15, 0.2) is 51.5 Å². The Kier molecular flexibility index (Phi) is 5.22. The van der Waals surface area contributed by atoms with Gasteiger partial charge in [0.1, 0.15) is 4.91 Å². The first-order valence-corrected chi connectivity index (χ1v) is 9.01. The Bertz CT molecular complexity index is 849. The number of fused-ring (bicyclic) bond motifs is 1. The molecule has 25 heavy (non-hydrogen) atoms. The van der Waals surface area contributed by atoms with Gasteiger partial charge in [-0.1, -0.05) is 28.1 Å². The Hall–Kier alpha value is -2.16. The Morgan fingerprint density at radius 1 is 1.20 bits per heavy atom. The number of hydrogen-bond acceptors (Lipinski definition) is 6. The first kappa shape index (κ1) is 17.7. The minimum Gasteiger partial charge on any atom is -0.454 e. The van der Waals surface area contributed by atoms with Crippen molar-refractivity contribution in [2.45, 2.75) is 6.92 Å². The van der Waals surface area contributed by atoms with Crippen LogP contribution in [0, 0.1) is 0 Å². The number of nitrogens with one attached hydrogen (secondary N) is 1. The molecule has 3 rings (SSSR count). The number of carbonyl (C=O) groups is 1. The molecule has 2 aromatic rings. The van der Waals surface area contributed by atoms with Crippen LogP contribution in [0.5, 0.6) is 11.5 Å². The number of halogens is 1. The fourth-order valence-corrected chi connectivity index (χ4v) is 3.28. The average Bonchev–Trinajstić information content (AvgIpc) is 3.02. The fourth-order valence-electron chi connectivity index (χ4n) is 2.38. The Morgan fingerprint density at radius 3 is 2.44 bits per heavy atom. The van der Waals surface area contributed by atoms with E-state index in [-0.39, 0.29) is 12.7 Å². The number of ether oxygens (including phenoxy) is 2. The van der Waals surface area contributed by atoms with Crippen molar-refractivity contribution < 1.29 is 14.3 Å². The number of anilines is 1. The zero-order chi connectivity index (χ0) is 18.0. The number of allylic oxidation sites excluding steroid dienone is 1. The summed E-state index contributed by atoms with van der Waals surface area (Å²) in [4.78, 5) is 12.4. The van der Waals surface area contributed by atoms with Crippen molar-refractivity contribution in [3.63, 3.8) is 0 Å². The van der Waals surface area contributed by atoms with Gasteiger partial charge in [-0.15, -0.1) is 0 Å². The van der Waals surface area contributed by atoms with Crippen molar-refractivity contribution in [3.8, 4) is 22.6 Å². The first-order chi connectivity index (χ1) is 12.0. The fraction of sp³-hybridized carbons (Fsp3) is 0.118. The van der Waals surface area contributed by atoms with Crippen molar-refractivity contribution in [1.29, 1.82) is 0 Å². The number of amides is 1. The molecule has 0 atom stereocenters. The topological polar surface area (TPSA) is 99.6 Å². The molecule has 0 bridgehead atoms. The quantitative estimate of drug-likeness (QED) is 0.515. The monoisotopic (exact) mass is 421 g/mol. The van der Waals surface area contributed by atoms with Gasteiger partial charge in [-0.2, -0.15) is 0 Å². The van der Waals surface area contributed by atoms with Crippen LogP contribution in [-0.4, -0.2) is 12.7 Å². The van der Waals surface area contributed by atoms with E-state index in [1.807, 2.05) is 36.4 Å². The number of benzene rings is 2. The molecule has 6 nitrogen and oxygen atoms in total. The second kappa shape index (κ2) is 7.38. The predicted octanol–water partition coefficient (Wildman–Crippen LogP) is 3.58. The van der Waals surface area contributed by atoms with Crippen LogP contribution in [0.1, 0.15) is 6.92 Å². The largest absolute Gasteiger partial charge is 0.454 e. The highest BCUT2D eigenvalue weighted by atomic mass is 79.9. The predicted molar refractivity (Wildman–Crippen MR) is 103 cm³/mol. The van der Waals surface area contributed by atoms with Crippen LogP contribution < -0.4 is 25.7 Å². The van der Waals surface area contributed by atoms with Crippen LogP contribution in [0.4, 0.5) is 5.69 Å². The maximum absolute atomic E-state index is 12.1. The minimum atomic E-state index is -0.329. The molecule has 0 unspecified atom stereocenters. The van der Waals surface area contributed by atoms with E-state index in [4.69, 9.17) is 20.3 Å². The van der Waals surface area contributed by atoms with Gasteiger partial charge in [0.2, 0.25) is 6.79 Å². The molecule has 1 aliphatic heterocycles. The van der Waals surface area contributed by atoms with Crippen molar-refractivity contribution in [2.24, 2.45) is 10.9 Å². The van der Waals surface area contributed by atoms with Crippen LogP contribution in [0.3, 0.4) is 0 Å². The lowest BCUT2D eigenvalue weighted by atomic mass is 10.0. The summed E-state index contributed by atoms with van der Waals surface area (Å²) in [6.45, 7) is 1.86. The van der Waals surface area contributed by atoms with Crippen LogP contribution >= 0.6 is 27.9 Å². The van der Waals surface area contributed by atoms with Crippen molar-refractivity contribution in [3.05, 3.63) is 51.5 Å². The zero-order valence-corrected chi connectivity index (χ0v) is 15.7. The van der Waals surface area contributed by atoms with Crippen LogP contribution in [0.25, 0.3) is 11.1 Å². The Morgan fingerprint density at radius 2 is 1.84 bits per heavy atom. The molecule has 1 amide bonds. The maximum atomic E-state index is 12.1. The van der Waals surface area contributed by atoms with Crippen molar-refractivity contribution in [1.82, 2.24) is 0 Å². The van der Waals surface area contributed by atoms with Crippen molar-refractivity contribution >= 4 is 39.5 Å². The molecule has 130 valence electrons. The molecule has 0 radical (unpaired) electrons. The zero-order valence-electron chi connectivity index (χ0n) is 13.3. The van der Waals surface area contributed by atoms with E-state index < -0.39 is 0 Å². The van der Waals surface area contributed by atoms with Gasteiger partial charge < -0.3 is 20.5 Å². The summed E-state index contributed by atoms with van der Waals surface area (Å²) in [5.41, 5.74) is 8.63. The molecule has 0 saturated heterocycles. The van der Waals surface area contributed by atoms with Gasteiger partial charge in [-0.05, 0) is 54.3 Å². The van der Waals surface area contributed by atoms with Gasteiger partial charge in [-0.25, -0.2) is 0 Å². The lowest BCUT2D eigenvalue weighted by Crippen LogP contribution is -2.17. The SMILES string of the molecule is C/C(N)=C(/SN)C(=O)Nc1ccc(-c2cc3c(cc2Br)OCO3)cc1. The van der Waals surface area contributed by atoms with Gasteiger partial charge in [-0.3, -0.25) is 9.93 Å². The summed E-state index contributed by atoms with van der Waals surface area (Å²) in [7, 11) is 0. The second-order valence-corrected chi connectivity index (χ2v) is 6.85. The van der Waals surface area contributed by atoms with Crippen molar-refractivity contribution in [2.75, 3.05) is 12.1 Å². The van der Waals surface area contributed by atoms with Crippen LogP contribution in [-0.2, 0) is 4.79 Å². The van der Waals surface area contributed by atoms with E-state index >= 15 is 0 Å².